The Morgan fingerprint density at radius 2 is 2.04 bits per heavy atom. The van der Waals surface area contributed by atoms with E-state index in [4.69, 9.17) is 4.74 Å². The number of ether oxygens (including phenoxy) is 1. The highest BCUT2D eigenvalue weighted by Gasteiger charge is 2.31. The lowest BCUT2D eigenvalue weighted by molar-refractivity contribution is -0.117. The Kier molecular flexibility index (Phi) is 5.36. The minimum Gasteiger partial charge on any atom is -0.494 e. The van der Waals surface area contributed by atoms with Crippen molar-refractivity contribution in [2.24, 2.45) is 0 Å². The van der Waals surface area contributed by atoms with Crippen LogP contribution >= 0.6 is 0 Å². The first-order valence-electron chi connectivity index (χ1n) is 8.59. The Morgan fingerprint density at radius 3 is 2.73 bits per heavy atom. The molecule has 1 saturated heterocycles. The Morgan fingerprint density at radius 1 is 1.27 bits per heavy atom. The molecule has 1 aliphatic heterocycles. The number of nitrogens with zero attached hydrogens (tertiary/aromatic N) is 2. The smallest absolute Gasteiger partial charge is 0.320 e. The quantitative estimate of drug-likeness (QED) is 0.865. The van der Waals surface area contributed by atoms with Gasteiger partial charge in [0.2, 0.25) is 5.91 Å². The molecule has 2 N–H and O–H groups in total. The third-order valence-electron chi connectivity index (χ3n) is 4.05. The van der Waals surface area contributed by atoms with Crippen molar-refractivity contribution in [3.05, 3.63) is 48.2 Å². The molecule has 0 radical (unpaired) electrons. The number of hydrogen-bond donors (Lipinski definition) is 2. The van der Waals surface area contributed by atoms with Crippen molar-refractivity contribution in [1.82, 2.24) is 10.3 Å². The zero-order valence-corrected chi connectivity index (χ0v) is 14.9. The van der Waals surface area contributed by atoms with Crippen LogP contribution in [0.4, 0.5) is 16.3 Å². The Labute approximate surface area is 152 Å². The molecule has 1 aliphatic rings. The highest BCUT2D eigenvalue weighted by Crippen LogP contribution is 2.24. The number of carbonyl (C=O) groups excluding carboxylic acids is 2. The molecule has 2 heterocycles. The molecule has 26 heavy (non-hydrogen) atoms. The summed E-state index contributed by atoms with van der Waals surface area (Å²) in [5, 5.41) is 5.52. The molecule has 3 amide bonds. The van der Waals surface area contributed by atoms with Gasteiger partial charge >= 0.3 is 6.03 Å². The van der Waals surface area contributed by atoms with E-state index < -0.39 is 0 Å². The molecule has 2 aromatic rings. The fourth-order valence-corrected chi connectivity index (χ4v) is 2.89. The zero-order valence-electron chi connectivity index (χ0n) is 14.9. The number of aryl methyl sites for hydroxylation is 1. The van der Waals surface area contributed by atoms with E-state index in [1.54, 1.807) is 11.0 Å². The van der Waals surface area contributed by atoms with Crippen molar-refractivity contribution in [2.75, 3.05) is 23.4 Å². The molecular formula is C19H22N4O3. The Balaban J connectivity index is 1.58. The summed E-state index contributed by atoms with van der Waals surface area (Å²) in [4.78, 5) is 30.3. The van der Waals surface area contributed by atoms with E-state index in [0.717, 1.165) is 17.1 Å². The molecule has 3 rings (SSSR count). The maximum Gasteiger partial charge on any atom is 0.320 e. The van der Waals surface area contributed by atoms with Gasteiger partial charge < -0.3 is 15.0 Å². The molecule has 7 heteroatoms. The van der Waals surface area contributed by atoms with Crippen molar-refractivity contribution in [1.29, 1.82) is 0 Å². The van der Waals surface area contributed by atoms with Crippen LogP contribution < -0.4 is 20.3 Å². The molecule has 1 aromatic heterocycles. The van der Waals surface area contributed by atoms with E-state index >= 15 is 0 Å². The van der Waals surface area contributed by atoms with E-state index in [0.29, 0.717) is 19.0 Å². The second-order valence-electron chi connectivity index (χ2n) is 6.09. The minimum absolute atomic E-state index is 0.0202. The monoisotopic (exact) mass is 354 g/mol. The number of pyridine rings is 1. The van der Waals surface area contributed by atoms with Gasteiger partial charge in [0.05, 0.1) is 12.6 Å². The third-order valence-corrected chi connectivity index (χ3v) is 4.05. The second-order valence-corrected chi connectivity index (χ2v) is 6.09. The van der Waals surface area contributed by atoms with Gasteiger partial charge in [-0.2, -0.15) is 0 Å². The van der Waals surface area contributed by atoms with Gasteiger partial charge in [-0.25, -0.2) is 9.78 Å². The third kappa shape index (κ3) is 4.30. The normalized spacial score (nSPS) is 16.5. The first kappa shape index (κ1) is 17.7. The van der Waals surface area contributed by atoms with Gasteiger partial charge in [0, 0.05) is 24.3 Å². The number of nitrogens with one attached hydrogen (secondary N) is 2. The summed E-state index contributed by atoms with van der Waals surface area (Å²) in [5.74, 6) is 1.23. The summed E-state index contributed by atoms with van der Waals surface area (Å²) in [5.41, 5.74) is 1.61. The lowest BCUT2D eigenvalue weighted by atomic mass is 10.2. The minimum atomic E-state index is -0.366. The first-order chi connectivity index (χ1) is 12.5. The summed E-state index contributed by atoms with van der Waals surface area (Å²) in [6.45, 7) is 4.80. The second kappa shape index (κ2) is 7.86. The van der Waals surface area contributed by atoms with Gasteiger partial charge in [-0.05, 0) is 50.2 Å². The molecule has 0 bridgehead atoms. The predicted molar refractivity (Wildman–Crippen MR) is 99.5 cm³/mol. The molecule has 0 spiro atoms. The molecule has 0 aliphatic carbocycles. The number of urea groups is 1. The van der Waals surface area contributed by atoms with Crippen LogP contribution in [0.15, 0.2) is 42.5 Å². The van der Waals surface area contributed by atoms with Gasteiger partial charge in [0.15, 0.2) is 0 Å². The number of rotatable bonds is 5. The van der Waals surface area contributed by atoms with Crippen LogP contribution in [0.5, 0.6) is 5.75 Å². The highest BCUT2D eigenvalue weighted by molar-refractivity contribution is 5.97. The van der Waals surface area contributed by atoms with Crippen molar-refractivity contribution in [2.45, 2.75) is 26.3 Å². The van der Waals surface area contributed by atoms with Crippen LogP contribution in [0.2, 0.25) is 0 Å². The highest BCUT2D eigenvalue weighted by atomic mass is 16.5. The Bertz CT molecular complexity index is 792. The van der Waals surface area contributed by atoms with E-state index in [1.165, 1.54) is 0 Å². The average Bonchev–Trinajstić information content (AvgIpc) is 2.96. The van der Waals surface area contributed by atoms with Crippen LogP contribution in [0.1, 0.15) is 19.0 Å². The maximum absolute atomic E-state index is 12.3. The first-order valence-corrected chi connectivity index (χ1v) is 8.59. The largest absolute Gasteiger partial charge is 0.494 e. The van der Waals surface area contributed by atoms with Crippen LogP contribution in [0.3, 0.4) is 0 Å². The van der Waals surface area contributed by atoms with Gasteiger partial charge in [-0.1, -0.05) is 6.07 Å². The van der Waals surface area contributed by atoms with Crippen LogP contribution in [-0.4, -0.2) is 36.1 Å². The lowest BCUT2D eigenvalue weighted by Gasteiger charge is -2.18. The van der Waals surface area contributed by atoms with Gasteiger partial charge in [-0.15, -0.1) is 0 Å². The number of hydrogen-bond acceptors (Lipinski definition) is 4. The van der Waals surface area contributed by atoms with Gasteiger partial charge in [0.1, 0.15) is 11.6 Å². The number of benzene rings is 1. The topological polar surface area (TPSA) is 83.6 Å². The molecule has 0 saturated carbocycles. The number of anilines is 2. The number of carbonyl (C=O) groups is 2. The summed E-state index contributed by atoms with van der Waals surface area (Å²) >= 11 is 0. The average molecular weight is 354 g/mol. The molecular weight excluding hydrogens is 332 g/mol. The summed E-state index contributed by atoms with van der Waals surface area (Å²) in [7, 11) is 0. The molecule has 1 fully saturated rings. The van der Waals surface area contributed by atoms with Crippen molar-refractivity contribution < 1.29 is 14.3 Å². The Hall–Kier alpha value is -3.09. The van der Waals surface area contributed by atoms with Crippen LogP contribution in [0.25, 0.3) is 0 Å². The van der Waals surface area contributed by atoms with E-state index in [2.05, 4.69) is 15.6 Å². The van der Waals surface area contributed by atoms with Crippen LogP contribution in [0, 0.1) is 6.92 Å². The number of amides is 3. The van der Waals surface area contributed by atoms with Gasteiger partial charge in [0.25, 0.3) is 0 Å². The molecule has 136 valence electrons. The molecule has 1 aromatic carbocycles. The van der Waals surface area contributed by atoms with E-state index in [1.807, 2.05) is 50.2 Å². The molecule has 1 unspecified atom stereocenters. The van der Waals surface area contributed by atoms with Crippen molar-refractivity contribution >= 4 is 23.4 Å². The standard InChI is InChI=1S/C19H22N4O3/c1-3-26-16-9-7-15(8-10-16)23-12-14(11-18(23)24)21-19(25)22-17-6-4-5-13(2)20-17/h4-10,14H,3,11-12H2,1-2H3,(H2,20,21,22,25). The van der Waals surface area contributed by atoms with Gasteiger partial charge in [-0.3, -0.25) is 10.1 Å². The SMILES string of the molecule is CCOc1ccc(N2CC(NC(=O)Nc3cccc(C)n3)CC2=O)cc1. The zero-order chi connectivity index (χ0) is 18.5. The summed E-state index contributed by atoms with van der Waals surface area (Å²) < 4.78 is 5.41. The number of aromatic nitrogens is 1. The van der Waals surface area contributed by atoms with Crippen molar-refractivity contribution in [3.8, 4) is 5.75 Å². The van der Waals surface area contributed by atoms with E-state index in [-0.39, 0.29) is 24.4 Å². The fourth-order valence-electron chi connectivity index (χ4n) is 2.89. The van der Waals surface area contributed by atoms with E-state index in [9.17, 15) is 9.59 Å². The fraction of sp³-hybridized carbons (Fsp3) is 0.316. The maximum atomic E-state index is 12.3. The van der Waals surface area contributed by atoms with Crippen molar-refractivity contribution in [3.63, 3.8) is 0 Å². The molecule has 7 nitrogen and oxygen atoms in total. The predicted octanol–water partition coefficient (Wildman–Crippen LogP) is 2.72. The molecule has 1 atom stereocenters. The summed E-state index contributed by atoms with van der Waals surface area (Å²) in [6.07, 6.45) is 0.266. The lowest BCUT2D eigenvalue weighted by Crippen LogP contribution is -2.39. The summed E-state index contributed by atoms with van der Waals surface area (Å²) in [6, 6.07) is 12.2. The van der Waals surface area contributed by atoms with Crippen LogP contribution in [-0.2, 0) is 4.79 Å².